The number of nitrogens with one attached hydrogen (secondary N) is 1. The summed E-state index contributed by atoms with van der Waals surface area (Å²) < 4.78 is 39.7. The van der Waals surface area contributed by atoms with Crippen molar-refractivity contribution in [3.8, 4) is 0 Å². The fraction of sp³-hybridized carbons (Fsp3) is 0.750. The summed E-state index contributed by atoms with van der Waals surface area (Å²) in [6, 6.07) is -0.186. The van der Waals surface area contributed by atoms with Crippen molar-refractivity contribution in [3.63, 3.8) is 0 Å². The largest absolute Gasteiger partial charge is 0.391 e. The Morgan fingerprint density at radius 1 is 1.37 bits per heavy atom. The Balaban J connectivity index is 2.02. The smallest absolute Gasteiger partial charge is 0.337 e. The normalized spacial score (nSPS) is 26.4. The van der Waals surface area contributed by atoms with Gasteiger partial charge in [-0.1, -0.05) is 0 Å². The molecule has 1 aliphatic rings. The van der Waals surface area contributed by atoms with E-state index < -0.39 is 12.1 Å². The number of imidazole rings is 1. The van der Waals surface area contributed by atoms with Gasteiger partial charge in [-0.2, -0.15) is 13.2 Å². The van der Waals surface area contributed by atoms with Crippen LogP contribution in [0.15, 0.2) is 12.4 Å². The molecule has 1 heterocycles. The summed E-state index contributed by atoms with van der Waals surface area (Å²) in [5.74, 6) is 5.27. The van der Waals surface area contributed by atoms with Crippen molar-refractivity contribution in [3.05, 3.63) is 18.2 Å². The zero-order valence-corrected chi connectivity index (χ0v) is 10.8. The summed E-state index contributed by atoms with van der Waals surface area (Å²) in [7, 11) is 1.86. The van der Waals surface area contributed by atoms with E-state index in [1.165, 1.54) is 0 Å². The number of hydrogen-bond donors (Lipinski definition) is 2. The molecule has 0 radical (unpaired) electrons. The van der Waals surface area contributed by atoms with Gasteiger partial charge in [-0.15, -0.1) is 0 Å². The van der Waals surface area contributed by atoms with Gasteiger partial charge in [0.25, 0.3) is 0 Å². The molecule has 0 saturated heterocycles. The molecular weight excluding hydrogens is 257 g/mol. The summed E-state index contributed by atoms with van der Waals surface area (Å²) in [6.45, 7) is 0. The Morgan fingerprint density at radius 3 is 2.42 bits per heavy atom. The minimum Gasteiger partial charge on any atom is -0.337 e. The highest BCUT2D eigenvalue weighted by molar-refractivity contribution is 5.01. The second-order valence-corrected chi connectivity index (χ2v) is 5.19. The number of aryl methyl sites for hydroxylation is 1. The molecule has 2 rings (SSSR count). The number of alkyl halides is 3. The van der Waals surface area contributed by atoms with E-state index in [1.54, 1.807) is 12.4 Å². The van der Waals surface area contributed by atoms with Gasteiger partial charge in [0.05, 0.1) is 12.0 Å². The predicted molar refractivity (Wildman–Crippen MR) is 64.8 cm³/mol. The van der Waals surface area contributed by atoms with Gasteiger partial charge in [0, 0.05) is 19.4 Å². The Hall–Kier alpha value is -1.08. The van der Waals surface area contributed by atoms with Crippen LogP contribution in [-0.4, -0.2) is 15.7 Å². The van der Waals surface area contributed by atoms with Crippen LogP contribution in [0.3, 0.4) is 0 Å². The lowest BCUT2D eigenvalue weighted by molar-refractivity contribution is -0.184. The van der Waals surface area contributed by atoms with E-state index in [2.05, 4.69) is 10.4 Å². The monoisotopic (exact) mass is 276 g/mol. The number of aromatic nitrogens is 2. The standard InChI is InChI=1S/C12H19F3N4/c1-19-7-6-17-11(19)10(18-16)8-2-4-9(5-3-8)12(13,14)15/h6-10,18H,2-5,16H2,1H3. The van der Waals surface area contributed by atoms with Crippen molar-refractivity contribution in [1.82, 2.24) is 15.0 Å². The average molecular weight is 276 g/mol. The minimum atomic E-state index is -4.07. The van der Waals surface area contributed by atoms with Crippen LogP contribution >= 0.6 is 0 Å². The van der Waals surface area contributed by atoms with Crippen LogP contribution in [0.1, 0.15) is 37.5 Å². The van der Waals surface area contributed by atoms with E-state index in [0.29, 0.717) is 12.8 Å². The molecule has 0 bridgehead atoms. The van der Waals surface area contributed by atoms with Gasteiger partial charge in [0.15, 0.2) is 0 Å². The number of halogens is 3. The maximum absolute atomic E-state index is 12.6. The van der Waals surface area contributed by atoms with Gasteiger partial charge in [-0.25, -0.2) is 10.4 Å². The zero-order chi connectivity index (χ0) is 14.0. The van der Waals surface area contributed by atoms with E-state index in [-0.39, 0.29) is 24.8 Å². The molecule has 0 aliphatic heterocycles. The van der Waals surface area contributed by atoms with Crippen LogP contribution in [0.25, 0.3) is 0 Å². The topological polar surface area (TPSA) is 55.9 Å². The van der Waals surface area contributed by atoms with Crippen molar-refractivity contribution in [1.29, 1.82) is 0 Å². The third-order valence-electron chi connectivity index (χ3n) is 4.02. The van der Waals surface area contributed by atoms with Crippen molar-refractivity contribution < 1.29 is 13.2 Å². The number of rotatable bonds is 3. The summed E-state index contributed by atoms with van der Waals surface area (Å²) >= 11 is 0. The maximum atomic E-state index is 12.6. The van der Waals surface area contributed by atoms with Gasteiger partial charge in [-0.05, 0) is 31.6 Å². The lowest BCUT2D eigenvalue weighted by Gasteiger charge is -2.33. The fourth-order valence-electron chi connectivity index (χ4n) is 2.88. The number of nitrogens with zero attached hydrogens (tertiary/aromatic N) is 2. The lowest BCUT2D eigenvalue weighted by Crippen LogP contribution is -2.38. The predicted octanol–water partition coefficient (Wildman–Crippen LogP) is 2.29. The summed E-state index contributed by atoms with van der Waals surface area (Å²) in [5, 5.41) is 0. The van der Waals surface area contributed by atoms with Crippen LogP contribution in [0.5, 0.6) is 0 Å². The average Bonchev–Trinajstić information content (AvgIpc) is 2.76. The third-order valence-corrected chi connectivity index (χ3v) is 4.02. The molecule has 3 N–H and O–H groups in total. The molecule has 1 unspecified atom stereocenters. The Kier molecular flexibility index (Phi) is 4.15. The van der Waals surface area contributed by atoms with Crippen molar-refractivity contribution in [2.24, 2.45) is 24.7 Å². The number of hydrogen-bond acceptors (Lipinski definition) is 3. The molecule has 4 nitrogen and oxygen atoms in total. The summed E-state index contributed by atoms with van der Waals surface area (Å²) in [6.07, 6.45) is 0.799. The number of nitrogens with two attached hydrogens (primary N) is 1. The number of hydrazine groups is 1. The van der Waals surface area contributed by atoms with Crippen molar-refractivity contribution >= 4 is 0 Å². The molecule has 108 valence electrons. The molecule has 0 aromatic carbocycles. The first kappa shape index (κ1) is 14.3. The van der Waals surface area contributed by atoms with E-state index in [9.17, 15) is 13.2 Å². The second kappa shape index (κ2) is 5.50. The first-order valence-electron chi connectivity index (χ1n) is 6.43. The highest BCUT2D eigenvalue weighted by Crippen LogP contribution is 2.42. The molecule has 19 heavy (non-hydrogen) atoms. The van der Waals surface area contributed by atoms with E-state index >= 15 is 0 Å². The quantitative estimate of drug-likeness (QED) is 0.658. The van der Waals surface area contributed by atoms with Crippen molar-refractivity contribution in [2.75, 3.05) is 0 Å². The van der Waals surface area contributed by atoms with Crippen LogP contribution in [0, 0.1) is 11.8 Å². The molecule has 1 fully saturated rings. The van der Waals surface area contributed by atoms with Gasteiger partial charge in [0.1, 0.15) is 5.82 Å². The van der Waals surface area contributed by atoms with Gasteiger partial charge >= 0.3 is 6.18 Å². The molecule has 0 spiro atoms. The van der Waals surface area contributed by atoms with Crippen molar-refractivity contribution in [2.45, 2.75) is 37.9 Å². The molecule has 0 amide bonds. The maximum Gasteiger partial charge on any atom is 0.391 e. The summed E-state index contributed by atoms with van der Waals surface area (Å²) in [4.78, 5) is 4.23. The third kappa shape index (κ3) is 3.09. The highest BCUT2D eigenvalue weighted by Gasteiger charge is 2.42. The van der Waals surface area contributed by atoms with Gasteiger partial charge < -0.3 is 4.57 Å². The zero-order valence-electron chi connectivity index (χ0n) is 10.8. The molecule has 1 aliphatic carbocycles. The molecular formula is C12H19F3N4. The summed E-state index contributed by atoms with van der Waals surface area (Å²) in [5.41, 5.74) is 2.70. The van der Waals surface area contributed by atoms with Gasteiger partial charge in [0.2, 0.25) is 0 Å². The highest BCUT2D eigenvalue weighted by atomic mass is 19.4. The molecule has 1 atom stereocenters. The van der Waals surface area contributed by atoms with Crippen LogP contribution in [-0.2, 0) is 7.05 Å². The first-order valence-corrected chi connectivity index (χ1v) is 6.43. The van der Waals surface area contributed by atoms with E-state index in [0.717, 1.165) is 5.82 Å². The fourth-order valence-corrected chi connectivity index (χ4v) is 2.88. The Bertz CT molecular complexity index is 407. The first-order chi connectivity index (χ1) is 8.93. The molecule has 7 heteroatoms. The minimum absolute atomic E-state index is 0.102. The Labute approximate surface area is 110 Å². The lowest BCUT2D eigenvalue weighted by atomic mass is 9.78. The Morgan fingerprint density at radius 2 is 2.00 bits per heavy atom. The SMILES string of the molecule is Cn1ccnc1C(NN)C1CCC(C(F)(F)F)CC1. The van der Waals surface area contributed by atoms with E-state index in [4.69, 9.17) is 5.84 Å². The second-order valence-electron chi connectivity index (χ2n) is 5.19. The molecule has 1 saturated carbocycles. The molecule has 1 aromatic rings. The molecule has 1 aromatic heterocycles. The van der Waals surface area contributed by atoms with Crippen LogP contribution in [0.4, 0.5) is 13.2 Å². The van der Waals surface area contributed by atoms with E-state index in [1.807, 2.05) is 11.6 Å². The van der Waals surface area contributed by atoms with Gasteiger partial charge in [-0.3, -0.25) is 5.84 Å². The van der Waals surface area contributed by atoms with Crippen LogP contribution in [0.2, 0.25) is 0 Å². The van der Waals surface area contributed by atoms with Crippen LogP contribution < -0.4 is 11.3 Å².